The van der Waals surface area contributed by atoms with Gasteiger partial charge in [0.1, 0.15) is 5.56 Å². The maximum Gasteiger partial charge on any atom is 0.261 e. The molecule has 0 aliphatic rings. The summed E-state index contributed by atoms with van der Waals surface area (Å²) in [6, 6.07) is 9.56. The van der Waals surface area contributed by atoms with Gasteiger partial charge in [-0.1, -0.05) is 17.3 Å². The first kappa shape index (κ1) is 16.5. The fourth-order valence-electron chi connectivity index (χ4n) is 2.26. The molecule has 0 spiro atoms. The molecule has 1 amide bonds. The highest BCUT2D eigenvalue weighted by atomic mass is 19.2. The van der Waals surface area contributed by atoms with Gasteiger partial charge < -0.3 is 9.84 Å². The van der Waals surface area contributed by atoms with Crippen molar-refractivity contribution in [2.24, 2.45) is 0 Å². The van der Waals surface area contributed by atoms with Crippen LogP contribution in [0.3, 0.4) is 0 Å². The van der Waals surface area contributed by atoms with Gasteiger partial charge >= 0.3 is 0 Å². The molecule has 126 valence electrons. The first-order valence-electron chi connectivity index (χ1n) is 7.28. The number of nitrogens with one attached hydrogen (secondary N) is 1. The molecule has 1 aromatic heterocycles. The van der Waals surface area contributed by atoms with Crippen molar-refractivity contribution in [1.29, 1.82) is 0 Å². The third-order valence-electron chi connectivity index (χ3n) is 3.52. The quantitative estimate of drug-likeness (QED) is 0.725. The van der Waals surface area contributed by atoms with E-state index < -0.39 is 17.5 Å². The Morgan fingerprint density at radius 3 is 2.60 bits per heavy atom. The van der Waals surface area contributed by atoms with Crippen LogP contribution in [-0.2, 0) is 0 Å². The molecule has 0 bridgehead atoms. The van der Waals surface area contributed by atoms with Crippen molar-refractivity contribution < 1.29 is 22.9 Å². The van der Waals surface area contributed by atoms with Gasteiger partial charge in [-0.05, 0) is 37.3 Å². The van der Waals surface area contributed by atoms with Crippen LogP contribution in [0.5, 0.6) is 0 Å². The van der Waals surface area contributed by atoms with E-state index in [1.807, 2.05) is 0 Å². The number of rotatable bonds is 4. The molecule has 0 atom stereocenters. The summed E-state index contributed by atoms with van der Waals surface area (Å²) in [7, 11) is 0. The van der Waals surface area contributed by atoms with E-state index >= 15 is 0 Å². The normalized spacial score (nSPS) is 10.5. The van der Waals surface area contributed by atoms with Crippen molar-refractivity contribution in [2.45, 2.75) is 6.92 Å². The molecule has 7 heteroatoms. The van der Waals surface area contributed by atoms with E-state index in [2.05, 4.69) is 10.5 Å². The number of aromatic nitrogens is 1. The molecule has 0 aliphatic heterocycles. The molecule has 1 heterocycles. The fourth-order valence-corrected chi connectivity index (χ4v) is 2.26. The summed E-state index contributed by atoms with van der Waals surface area (Å²) in [5.41, 5.74) is 1.09. The van der Waals surface area contributed by atoms with E-state index in [1.54, 1.807) is 18.2 Å². The molecule has 0 fully saturated rings. The summed E-state index contributed by atoms with van der Waals surface area (Å²) < 4.78 is 31.5. The van der Waals surface area contributed by atoms with Crippen LogP contribution in [-0.4, -0.2) is 16.8 Å². The zero-order valence-electron chi connectivity index (χ0n) is 13.0. The van der Waals surface area contributed by atoms with Crippen LogP contribution >= 0.6 is 0 Å². The lowest BCUT2D eigenvalue weighted by Crippen LogP contribution is -2.12. The summed E-state index contributed by atoms with van der Waals surface area (Å²) >= 11 is 0. The van der Waals surface area contributed by atoms with Gasteiger partial charge in [0.25, 0.3) is 5.91 Å². The number of nitrogens with zero attached hydrogens (tertiary/aromatic N) is 1. The highest BCUT2D eigenvalue weighted by molar-refractivity contribution is 6.08. The highest BCUT2D eigenvalue weighted by Crippen LogP contribution is 2.26. The first-order valence-corrected chi connectivity index (χ1v) is 7.28. The number of benzene rings is 2. The molecule has 0 unspecified atom stereocenters. The van der Waals surface area contributed by atoms with Crippen LogP contribution in [0.2, 0.25) is 0 Å². The van der Waals surface area contributed by atoms with Crippen molar-refractivity contribution >= 4 is 17.4 Å². The number of carbonyl (C=O) groups is 2. The number of halogens is 2. The van der Waals surface area contributed by atoms with Crippen LogP contribution in [0.1, 0.15) is 27.6 Å². The lowest BCUT2D eigenvalue weighted by Gasteiger charge is -2.06. The summed E-state index contributed by atoms with van der Waals surface area (Å²) in [6.45, 7) is 1.42. The van der Waals surface area contributed by atoms with Crippen molar-refractivity contribution in [3.05, 3.63) is 71.4 Å². The van der Waals surface area contributed by atoms with Gasteiger partial charge in [0, 0.05) is 16.8 Å². The molecule has 1 N–H and O–H groups in total. The van der Waals surface area contributed by atoms with Gasteiger partial charge in [-0.3, -0.25) is 9.59 Å². The van der Waals surface area contributed by atoms with Gasteiger partial charge in [0.2, 0.25) is 0 Å². The number of anilines is 1. The molecule has 2 aromatic carbocycles. The monoisotopic (exact) mass is 342 g/mol. The van der Waals surface area contributed by atoms with Crippen molar-refractivity contribution in [3.8, 4) is 11.3 Å². The molecule has 0 saturated carbocycles. The lowest BCUT2D eigenvalue weighted by molar-refractivity contribution is 0.101. The van der Waals surface area contributed by atoms with Crippen LogP contribution in [0.25, 0.3) is 11.3 Å². The van der Waals surface area contributed by atoms with Gasteiger partial charge in [-0.25, -0.2) is 8.78 Å². The Balaban J connectivity index is 1.89. The fraction of sp³-hybridized carbons (Fsp3) is 0.0556. The van der Waals surface area contributed by atoms with Crippen LogP contribution < -0.4 is 5.32 Å². The smallest absolute Gasteiger partial charge is 0.261 e. The Morgan fingerprint density at radius 1 is 1.08 bits per heavy atom. The first-order chi connectivity index (χ1) is 12.0. The second-order valence-electron chi connectivity index (χ2n) is 5.29. The second kappa shape index (κ2) is 6.64. The SMILES string of the molecule is CC(=O)c1cccc(NC(=O)c2cnoc2-c2ccc(F)c(F)c2)c1. The lowest BCUT2D eigenvalue weighted by atomic mass is 10.1. The van der Waals surface area contributed by atoms with E-state index in [1.165, 1.54) is 25.3 Å². The third kappa shape index (κ3) is 3.45. The van der Waals surface area contributed by atoms with Crippen molar-refractivity contribution in [2.75, 3.05) is 5.32 Å². The van der Waals surface area contributed by atoms with Crippen molar-refractivity contribution in [1.82, 2.24) is 5.16 Å². The largest absolute Gasteiger partial charge is 0.355 e. The Bertz CT molecular complexity index is 966. The Hall–Kier alpha value is -3.35. The molecule has 0 radical (unpaired) electrons. The standard InChI is InChI=1S/C18H12F2N2O3/c1-10(23)11-3-2-4-13(7-11)22-18(24)14-9-21-25-17(14)12-5-6-15(19)16(20)8-12/h2-9H,1H3,(H,22,24). The average molecular weight is 342 g/mol. The summed E-state index contributed by atoms with van der Waals surface area (Å²) in [4.78, 5) is 23.8. The summed E-state index contributed by atoms with van der Waals surface area (Å²) in [5, 5.41) is 6.17. The zero-order chi connectivity index (χ0) is 18.0. The van der Waals surface area contributed by atoms with Crippen LogP contribution in [0.4, 0.5) is 14.5 Å². The molecule has 3 rings (SSSR count). The molecule has 25 heavy (non-hydrogen) atoms. The van der Waals surface area contributed by atoms with Gasteiger partial charge in [-0.15, -0.1) is 0 Å². The molecule has 3 aromatic rings. The number of Topliss-reactive ketones (excluding diaryl/α,β-unsaturated/α-hetero) is 1. The number of amides is 1. The maximum absolute atomic E-state index is 13.4. The second-order valence-corrected chi connectivity index (χ2v) is 5.29. The molecular weight excluding hydrogens is 330 g/mol. The Morgan fingerprint density at radius 2 is 1.88 bits per heavy atom. The van der Waals surface area contributed by atoms with Crippen molar-refractivity contribution in [3.63, 3.8) is 0 Å². The van der Waals surface area contributed by atoms with Gasteiger partial charge in [0.05, 0.1) is 6.20 Å². The van der Waals surface area contributed by atoms with E-state index in [9.17, 15) is 18.4 Å². The summed E-state index contributed by atoms with van der Waals surface area (Å²) in [5.74, 6) is -2.74. The van der Waals surface area contributed by atoms with Gasteiger partial charge in [-0.2, -0.15) is 0 Å². The Kier molecular flexibility index (Phi) is 4.38. The number of hydrogen-bond donors (Lipinski definition) is 1. The van der Waals surface area contributed by atoms with Crippen LogP contribution in [0, 0.1) is 11.6 Å². The summed E-state index contributed by atoms with van der Waals surface area (Å²) in [6.07, 6.45) is 1.18. The van der Waals surface area contributed by atoms with E-state index in [0.717, 1.165) is 12.1 Å². The minimum atomic E-state index is -1.06. The topological polar surface area (TPSA) is 72.2 Å². The highest BCUT2D eigenvalue weighted by Gasteiger charge is 2.19. The number of carbonyl (C=O) groups excluding carboxylic acids is 2. The average Bonchev–Trinajstić information content (AvgIpc) is 3.07. The number of ketones is 1. The van der Waals surface area contributed by atoms with Gasteiger partial charge in [0.15, 0.2) is 23.2 Å². The molecule has 0 aliphatic carbocycles. The minimum Gasteiger partial charge on any atom is -0.355 e. The van der Waals surface area contributed by atoms with E-state index in [0.29, 0.717) is 11.3 Å². The predicted molar refractivity (Wildman–Crippen MR) is 86.3 cm³/mol. The molecular formula is C18H12F2N2O3. The zero-order valence-corrected chi connectivity index (χ0v) is 13.0. The number of hydrogen-bond acceptors (Lipinski definition) is 4. The third-order valence-corrected chi connectivity index (χ3v) is 3.52. The van der Waals surface area contributed by atoms with Crippen LogP contribution in [0.15, 0.2) is 53.2 Å². The molecule has 5 nitrogen and oxygen atoms in total. The predicted octanol–water partition coefficient (Wildman–Crippen LogP) is 4.07. The van der Waals surface area contributed by atoms with E-state index in [4.69, 9.17) is 4.52 Å². The maximum atomic E-state index is 13.4. The Labute approximate surface area is 141 Å². The molecule has 0 saturated heterocycles. The van der Waals surface area contributed by atoms with E-state index in [-0.39, 0.29) is 22.7 Å². The minimum absolute atomic E-state index is 0.0131.